The van der Waals surface area contributed by atoms with E-state index in [2.05, 4.69) is 43.4 Å². The molecule has 0 spiro atoms. The Labute approximate surface area is 130 Å². The van der Waals surface area contributed by atoms with E-state index in [1.54, 1.807) is 0 Å². The lowest BCUT2D eigenvalue weighted by Gasteiger charge is -2.27. The van der Waals surface area contributed by atoms with Crippen LogP contribution in [0, 0.1) is 5.92 Å². The van der Waals surface area contributed by atoms with Crippen LogP contribution in [0.3, 0.4) is 0 Å². The molecule has 1 aliphatic heterocycles. The maximum atomic E-state index is 5.88. The number of ether oxygens (including phenoxy) is 1. The quantitative estimate of drug-likeness (QED) is 0.885. The summed E-state index contributed by atoms with van der Waals surface area (Å²) in [4.78, 5) is 4.79. The lowest BCUT2D eigenvalue weighted by Crippen LogP contribution is -2.41. The van der Waals surface area contributed by atoms with E-state index in [0.29, 0.717) is 18.1 Å². The Morgan fingerprint density at radius 3 is 3.00 bits per heavy atom. The normalized spacial score (nSPS) is 23.7. The number of benzene rings is 1. The molecule has 0 amide bonds. The molecule has 1 fully saturated rings. The molecule has 0 aliphatic carbocycles. The van der Waals surface area contributed by atoms with Crippen molar-refractivity contribution < 1.29 is 4.74 Å². The first-order chi connectivity index (χ1) is 10.3. The van der Waals surface area contributed by atoms with E-state index in [9.17, 15) is 0 Å². The zero-order chi connectivity index (χ0) is 14.7. The summed E-state index contributed by atoms with van der Waals surface area (Å²) in [7, 11) is 0. The van der Waals surface area contributed by atoms with E-state index in [1.165, 1.54) is 16.1 Å². The lowest BCUT2D eigenvalue weighted by molar-refractivity contribution is 0.0776. The summed E-state index contributed by atoms with van der Waals surface area (Å²) in [5.41, 5.74) is 1.13. The minimum Gasteiger partial charge on any atom is -0.378 e. The molecule has 3 atom stereocenters. The second-order valence-electron chi connectivity index (χ2n) is 5.71. The monoisotopic (exact) mass is 304 g/mol. The van der Waals surface area contributed by atoms with Crippen LogP contribution in [-0.4, -0.2) is 30.3 Å². The molecule has 4 heteroatoms. The van der Waals surface area contributed by atoms with Crippen molar-refractivity contribution in [1.29, 1.82) is 0 Å². The number of nitrogens with zero attached hydrogens (tertiary/aromatic N) is 1. The van der Waals surface area contributed by atoms with Gasteiger partial charge in [0.15, 0.2) is 0 Å². The van der Waals surface area contributed by atoms with Crippen LogP contribution >= 0.6 is 11.3 Å². The molecule has 1 N–H and O–H groups in total. The molecule has 1 saturated heterocycles. The number of nitrogens with one attached hydrogen (secondary N) is 1. The first kappa shape index (κ1) is 14.9. The van der Waals surface area contributed by atoms with Crippen LogP contribution in [0.25, 0.3) is 10.2 Å². The number of aromatic nitrogens is 1. The number of hydrogen-bond acceptors (Lipinski definition) is 4. The number of rotatable bonds is 6. The molecule has 1 aromatic heterocycles. The van der Waals surface area contributed by atoms with Gasteiger partial charge >= 0.3 is 0 Å². The standard InChI is InChI=1S/C17H24N2OS/c1-3-15-12(9-10-20-15)14(18-4-2)11-17-19-13-7-5-6-8-16(13)21-17/h5-8,12,14-15,18H,3-4,9-11H2,1-2H3. The van der Waals surface area contributed by atoms with Gasteiger partial charge in [0.1, 0.15) is 0 Å². The number of likely N-dealkylation sites (N-methyl/N-ethyl adjacent to an activating group) is 1. The average molecular weight is 304 g/mol. The topological polar surface area (TPSA) is 34.2 Å². The van der Waals surface area contributed by atoms with Crippen LogP contribution < -0.4 is 5.32 Å². The third-order valence-electron chi connectivity index (χ3n) is 4.38. The summed E-state index contributed by atoms with van der Waals surface area (Å²) < 4.78 is 7.17. The molecule has 0 bridgehead atoms. The van der Waals surface area contributed by atoms with Crippen molar-refractivity contribution >= 4 is 21.6 Å². The molecule has 21 heavy (non-hydrogen) atoms. The van der Waals surface area contributed by atoms with Crippen LogP contribution in [0.5, 0.6) is 0 Å². The summed E-state index contributed by atoms with van der Waals surface area (Å²) in [5, 5.41) is 4.91. The second-order valence-corrected chi connectivity index (χ2v) is 6.83. The zero-order valence-electron chi connectivity index (χ0n) is 12.8. The fourth-order valence-electron chi connectivity index (χ4n) is 3.38. The second kappa shape index (κ2) is 6.86. The van der Waals surface area contributed by atoms with Gasteiger partial charge in [-0.05, 0) is 31.5 Å². The molecule has 0 saturated carbocycles. The third-order valence-corrected chi connectivity index (χ3v) is 5.44. The summed E-state index contributed by atoms with van der Waals surface area (Å²) in [6.45, 7) is 6.32. The van der Waals surface area contributed by atoms with Crippen molar-refractivity contribution in [3.63, 3.8) is 0 Å². The Hall–Kier alpha value is -0.970. The minimum absolute atomic E-state index is 0.406. The SMILES string of the molecule is CCNC(Cc1nc2ccccc2s1)C1CCOC1CC. The summed E-state index contributed by atoms with van der Waals surface area (Å²) >= 11 is 1.83. The predicted molar refractivity (Wildman–Crippen MR) is 88.9 cm³/mol. The predicted octanol–water partition coefficient (Wildman–Crippen LogP) is 3.63. The Bertz CT molecular complexity index is 550. The fourth-order valence-corrected chi connectivity index (χ4v) is 4.40. The van der Waals surface area contributed by atoms with E-state index >= 15 is 0 Å². The highest BCUT2D eigenvalue weighted by Gasteiger charge is 2.33. The van der Waals surface area contributed by atoms with Gasteiger partial charge in [-0.15, -0.1) is 11.3 Å². The minimum atomic E-state index is 0.406. The highest BCUT2D eigenvalue weighted by Crippen LogP contribution is 2.30. The van der Waals surface area contributed by atoms with E-state index in [1.807, 2.05) is 11.3 Å². The van der Waals surface area contributed by atoms with Crippen molar-refractivity contribution in [3.05, 3.63) is 29.3 Å². The highest BCUT2D eigenvalue weighted by atomic mass is 32.1. The molecule has 114 valence electrons. The molecule has 1 aliphatic rings. The summed E-state index contributed by atoms with van der Waals surface area (Å²) in [5.74, 6) is 0.613. The maximum absolute atomic E-state index is 5.88. The Morgan fingerprint density at radius 1 is 1.38 bits per heavy atom. The molecule has 2 heterocycles. The van der Waals surface area contributed by atoms with E-state index in [0.717, 1.165) is 31.5 Å². The van der Waals surface area contributed by atoms with Gasteiger partial charge in [0.25, 0.3) is 0 Å². The van der Waals surface area contributed by atoms with Crippen LogP contribution in [0.15, 0.2) is 24.3 Å². The average Bonchev–Trinajstić information content (AvgIpc) is 3.12. The van der Waals surface area contributed by atoms with Gasteiger partial charge in [-0.2, -0.15) is 0 Å². The van der Waals surface area contributed by atoms with Gasteiger partial charge in [-0.25, -0.2) is 4.98 Å². The molecule has 3 nitrogen and oxygen atoms in total. The molecule has 3 rings (SSSR count). The molecular weight excluding hydrogens is 280 g/mol. The number of hydrogen-bond donors (Lipinski definition) is 1. The smallest absolute Gasteiger partial charge is 0.0954 e. The van der Waals surface area contributed by atoms with Crippen molar-refractivity contribution in [3.8, 4) is 0 Å². The highest BCUT2D eigenvalue weighted by molar-refractivity contribution is 7.18. The first-order valence-electron chi connectivity index (χ1n) is 8.01. The van der Waals surface area contributed by atoms with E-state index in [4.69, 9.17) is 9.72 Å². The maximum Gasteiger partial charge on any atom is 0.0954 e. The van der Waals surface area contributed by atoms with Gasteiger partial charge < -0.3 is 10.1 Å². The molecule has 3 unspecified atom stereocenters. The number of para-hydroxylation sites is 1. The Kier molecular flexibility index (Phi) is 4.88. The third kappa shape index (κ3) is 3.28. The van der Waals surface area contributed by atoms with Crippen LogP contribution in [0.2, 0.25) is 0 Å². The van der Waals surface area contributed by atoms with Gasteiger partial charge in [-0.1, -0.05) is 26.0 Å². The molecule has 0 radical (unpaired) electrons. The molecule has 1 aromatic carbocycles. The molecule has 2 aromatic rings. The first-order valence-corrected chi connectivity index (χ1v) is 8.83. The van der Waals surface area contributed by atoms with Crippen molar-refractivity contribution in [1.82, 2.24) is 10.3 Å². The van der Waals surface area contributed by atoms with Crippen molar-refractivity contribution in [2.45, 2.75) is 45.3 Å². The number of fused-ring (bicyclic) bond motifs is 1. The molecular formula is C17H24N2OS. The fraction of sp³-hybridized carbons (Fsp3) is 0.588. The van der Waals surface area contributed by atoms with Crippen LogP contribution in [0.1, 0.15) is 31.7 Å². The summed E-state index contributed by atoms with van der Waals surface area (Å²) in [6, 6.07) is 8.88. The van der Waals surface area contributed by atoms with Gasteiger partial charge in [-0.3, -0.25) is 0 Å². The van der Waals surface area contributed by atoms with Crippen LogP contribution in [0.4, 0.5) is 0 Å². The zero-order valence-corrected chi connectivity index (χ0v) is 13.7. The Morgan fingerprint density at radius 2 is 2.24 bits per heavy atom. The van der Waals surface area contributed by atoms with Crippen LogP contribution in [-0.2, 0) is 11.2 Å². The van der Waals surface area contributed by atoms with Crippen molar-refractivity contribution in [2.24, 2.45) is 5.92 Å². The van der Waals surface area contributed by atoms with Gasteiger partial charge in [0.05, 0.1) is 21.3 Å². The lowest BCUT2D eigenvalue weighted by atomic mass is 9.89. The summed E-state index contributed by atoms with van der Waals surface area (Å²) in [6.07, 6.45) is 3.69. The number of thiazole rings is 1. The van der Waals surface area contributed by atoms with E-state index < -0.39 is 0 Å². The Balaban J connectivity index is 1.77. The van der Waals surface area contributed by atoms with Crippen molar-refractivity contribution in [2.75, 3.05) is 13.2 Å². The van der Waals surface area contributed by atoms with Gasteiger partial charge in [0.2, 0.25) is 0 Å². The van der Waals surface area contributed by atoms with Gasteiger partial charge in [0, 0.05) is 25.0 Å². The largest absolute Gasteiger partial charge is 0.378 e. The van der Waals surface area contributed by atoms with E-state index in [-0.39, 0.29) is 0 Å².